The van der Waals surface area contributed by atoms with Crippen molar-refractivity contribution in [3.63, 3.8) is 0 Å². The fraction of sp³-hybridized carbons (Fsp3) is 0.562. The van der Waals surface area contributed by atoms with Gasteiger partial charge in [0, 0.05) is 19.1 Å². The lowest BCUT2D eigenvalue weighted by Gasteiger charge is -2.42. The molecular weight excluding hydrogens is 345 g/mol. The van der Waals surface area contributed by atoms with E-state index in [0.29, 0.717) is 19.5 Å². The molecule has 0 spiro atoms. The van der Waals surface area contributed by atoms with E-state index < -0.39 is 18.3 Å². The third-order valence-electron chi connectivity index (χ3n) is 4.21. The van der Waals surface area contributed by atoms with Crippen molar-refractivity contribution in [2.75, 3.05) is 19.7 Å². The maximum atomic E-state index is 12.9. The van der Waals surface area contributed by atoms with Crippen LogP contribution in [-0.4, -0.2) is 36.5 Å². The van der Waals surface area contributed by atoms with Crippen molar-refractivity contribution in [3.05, 3.63) is 29.8 Å². The van der Waals surface area contributed by atoms with Crippen LogP contribution in [0.25, 0.3) is 0 Å². The molecule has 0 saturated carbocycles. The van der Waals surface area contributed by atoms with Gasteiger partial charge in [-0.1, -0.05) is 26.0 Å². The van der Waals surface area contributed by atoms with Crippen LogP contribution in [0.3, 0.4) is 0 Å². The maximum absolute atomic E-state index is 12.9. The van der Waals surface area contributed by atoms with E-state index in [1.54, 1.807) is 4.90 Å². The molecule has 1 aliphatic heterocycles. The lowest BCUT2D eigenvalue weighted by molar-refractivity contribution is -0.142. The lowest BCUT2D eigenvalue weighted by Crippen LogP contribution is -2.54. The van der Waals surface area contributed by atoms with Crippen LogP contribution in [0, 0.1) is 5.41 Å². The second kappa shape index (κ2) is 7.61. The van der Waals surface area contributed by atoms with Crippen molar-refractivity contribution >= 4 is 18.3 Å². The standard InChI is InChI=1S/C16H21F3N2O2.ClH/c1-15(2)10-21(8-7-13(15)20)14(22)9-23-12-6-4-3-5-11(12)16(17,18)19;/h3-6,13H,7-10,20H2,1-2H3;1H. The van der Waals surface area contributed by atoms with Gasteiger partial charge in [0.05, 0.1) is 5.56 Å². The quantitative estimate of drug-likeness (QED) is 0.894. The minimum absolute atomic E-state index is 0. The molecule has 1 heterocycles. The van der Waals surface area contributed by atoms with Crippen molar-refractivity contribution in [1.82, 2.24) is 4.90 Å². The van der Waals surface area contributed by atoms with E-state index in [4.69, 9.17) is 10.5 Å². The zero-order chi connectivity index (χ0) is 17.3. The molecule has 1 aromatic carbocycles. The van der Waals surface area contributed by atoms with Gasteiger partial charge in [-0.25, -0.2) is 0 Å². The highest BCUT2D eigenvalue weighted by molar-refractivity contribution is 5.85. The van der Waals surface area contributed by atoms with E-state index in [1.807, 2.05) is 13.8 Å². The second-order valence-electron chi connectivity index (χ2n) is 6.48. The van der Waals surface area contributed by atoms with E-state index in [9.17, 15) is 18.0 Å². The Hall–Kier alpha value is -1.47. The summed E-state index contributed by atoms with van der Waals surface area (Å²) in [6.45, 7) is 4.48. The van der Waals surface area contributed by atoms with Gasteiger partial charge < -0.3 is 15.4 Å². The van der Waals surface area contributed by atoms with Crippen molar-refractivity contribution in [2.45, 2.75) is 32.5 Å². The number of nitrogens with zero attached hydrogens (tertiary/aromatic N) is 1. The van der Waals surface area contributed by atoms with Crippen molar-refractivity contribution in [3.8, 4) is 5.75 Å². The van der Waals surface area contributed by atoms with Crippen molar-refractivity contribution in [2.24, 2.45) is 11.1 Å². The Morgan fingerprint density at radius 2 is 2.00 bits per heavy atom. The fourth-order valence-corrected chi connectivity index (χ4v) is 2.64. The Balaban J connectivity index is 0.00000288. The molecule has 1 saturated heterocycles. The van der Waals surface area contributed by atoms with Gasteiger partial charge in [-0.2, -0.15) is 13.2 Å². The number of likely N-dealkylation sites (tertiary alicyclic amines) is 1. The number of carbonyl (C=O) groups is 1. The molecule has 24 heavy (non-hydrogen) atoms. The Bertz CT molecular complexity index is 579. The Kier molecular flexibility index (Phi) is 6.52. The number of nitrogens with two attached hydrogens (primary N) is 1. The highest BCUT2D eigenvalue weighted by atomic mass is 35.5. The van der Waals surface area contributed by atoms with Crippen LogP contribution >= 0.6 is 12.4 Å². The second-order valence-corrected chi connectivity index (χ2v) is 6.48. The number of amides is 1. The molecule has 0 aromatic heterocycles. The molecule has 4 nitrogen and oxygen atoms in total. The predicted molar refractivity (Wildman–Crippen MR) is 87.1 cm³/mol. The highest BCUT2D eigenvalue weighted by Gasteiger charge is 2.36. The summed E-state index contributed by atoms with van der Waals surface area (Å²) in [6, 6.07) is 4.87. The van der Waals surface area contributed by atoms with E-state index in [1.165, 1.54) is 18.2 Å². The summed E-state index contributed by atoms with van der Waals surface area (Å²) in [5.74, 6) is -0.664. The smallest absolute Gasteiger partial charge is 0.419 e. The number of benzene rings is 1. The zero-order valence-corrected chi connectivity index (χ0v) is 14.4. The van der Waals surface area contributed by atoms with Gasteiger partial charge in [0.15, 0.2) is 6.61 Å². The van der Waals surface area contributed by atoms with Gasteiger partial charge in [-0.05, 0) is 24.0 Å². The molecule has 0 radical (unpaired) electrons. The molecule has 1 amide bonds. The first-order valence-corrected chi connectivity index (χ1v) is 7.43. The van der Waals surface area contributed by atoms with Crippen LogP contribution in [0.15, 0.2) is 24.3 Å². The Morgan fingerprint density at radius 3 is 2.58 bits per heavy atom. The SMILES string of the molecule is CC1(C)CN(C(=O)COc2ccccc2C(F)(F)F)CCC1N.Cl. The first kappa shape index (κ1) is 20.6. The summed E-state index contributed by atoms with van der Waals surface area (Å²) in [7, 11) is 0. The molecule has 136 valence electrons. The van der Waals surface area contributed by atoms with Gasteiger partial charge in [0.2, 0.25) is 0 Å². The van der Waals surface area contributed by atoms with E-state index in [-0.39, 0.29) is 35.5 Å². The van der Waals surface area contributed by atoms with E-state index >= 15 is 0 Å². The summed E-state index contributed by atoms with van der Waals surface area (Å²) >= 11 is 0. The topological polar surface area (TPSA) is 55.6 Å². The normalized spacial score (nSPS) is 20.2. The van der Waals surface area contributed by atoms with Gasteiger partial charge in [-0.15, -0.1) is 12.4 Å². The monoisotopic (exact) mass is 366 g/mol. The molecule has 0 aliphatic carbocycles. The molecule has 2 N–H and O–H groups in total. The van der Waals surface area contributed by atoms with Crippen LogP contribution in [0.2, 0.25) is 0 Å². The van der Waals surface area contributed by atoms with Crippen LogP contribution in [0.5, 0.6) is 5.75 Å². The largest absolute Gasteiger partial charge is 0.483 e. The molecule has 2 rings (SSSR count). The molecule has 1 aromatic rings. The van der Waals surface area contributed by atoms with Crippen molar-refractivity contribution in [1.29, 1.82) is 0 Å². The average molecular weight is 367 g/mol. The lowest BCUT2D eigenvalue weighted by atomic mass is 9.80. The zero-order valence-electron chi connectivity index (χ0n) is 13.6. The molecule has 0 bridgehead atoms. The number of ether oxygens (including phenoxy) is 1. The first-order chi connectivity index (χ1) is 10.6. The minimum atomic E-state index is -4.51. The van der Waals surface area contributed by atoms with Gasteiger partial charge in [0.25, 0.3) is 5.91 Å². The molecular formula is C16H22ClF3N2O2. The number of carbonyl (C=O) groups excluding carboxylic acids is 1. The number of alkyl halides is 3. The summed E-state index contributed by atoms with van der Waals surface area (Å²) < 4.78 is 43.8. The number of piperidine rings is 1. The number of halogens is 4. The third-order valence-corrected chi connectivity index (χ3v) is 4.21. The number of rotatable bonds is 3. The first-order valence-electron chi connectivity index (χ1n) is 7.43. The van der Waals surface area contributed by atoms with Crippen molar-refractivity contribution < 1.29 is 22.7 Å². The Labute approximate surface area is 145 Å². The summed E-state index contributed by atoms with van der Waals surface area (Å²) in [5.41, 5.74) is 4.91. The van der Waals surface area contributed by atoms with E-state index in [2.05, 4.69) is 0 Å². The van der Waals surface area contributed by atoms with Crippen LogP contribution in [-0.2, 0) is 11.0 Å². The van der Waals surface area contributed by atoms with Gasteiger partial charge in [-0.3, -0.25) is 4.79 Å². The molecule has 1 atom stereocenters. The third kappa shape index (κ3) is 4.77. The molecule has 1 unspecified atom stereocenters. The van der Waals surface area contributed by atoms with Crippen LogP contribution in [0.1, 0.15) is 25.8 Å². The molecule has 1 fully saturated rings. The van der Waals surface area contributed by atoms with Crippen LogP contribution in [0.4, 0.5) is 13.2 Å². The Morgan fingerprint density at radius 1 is 1.38 bits per heavy atom. The minimum Gasteiger partial charge on any atom is -0.483 e. The fourth-order valence-electron chi connectivity index (χ4n) is 2.64. The number of hydrogen-bond donors (Lipinski definition) is 1. The molecule has 1 aliphatic rings. The highest BCUT2D eigenvalue weighted by Crippen LogP contribution is 2.36. The van der Waals surface area contributed by atoms with Crippen LogP contribution < -0.4 is 10.5 Å². The molecule has 8 heteroatoms. The summed E-state index contributed by atoms with van der Waals surface area (Å²) in [4.78, 5) is 13.8. The predicted octanol–water partition coefficient (Wildman–Crippen LogP) is 3.09. The summed E-state index contributed by atoms with van der Waals surface area (Å²) in [5, 5.41) is 0. The maximum Gasteiger partial charge on any atom is 0.419 e. The number of para-hydroxylation sites is 1. The van der Waals surface area contributed by atoms with Gasteiger partial charge >= 0.3 is 6.18 Å². The number of hydrogen-bond acceptors (Lipinski definition) is 3. The summed E-state index contributed by atoms with van der Waals surface area (Å²) in [6.07, 6.45) is -3.85. The average Bonchev–Trinajstić information content (AvgIpc) is 2.47. The van der Waals surface area contributed by atoms with E-state index in [0.717, 1.165) is 6.07 Å². The van der Waals surface area contributed by atoms with Gasteiger partial charge in [0.1, 0.15) is 5.75 Å².